The number of urea groups is 1. The molecule has 2 amide bonds. The van der Waals surface area contributed by atoms with Crippen LogP contribution in [0.4, 0.5) is 9.18 Å². The molecule has 0 aliphatic carbocycles. The minimum Gasteiger partial charge on any atom is -0.492 e. The van der Waals surface area contributed by atoms with E-state index in [-0.39, 0.29) is 23.8 Å². The zero-order valence-electron chi connectivity index (χ0n) is 16.9. The van der Waals surface area contributed by atoms with Gasteiger partial charge in [0, 0.05) is 25.7 Å². The maximum absolute atomic E-state index is 13.9. The molecule has 2 atom stereocenters. The van der Waals surface area contributed by atoms with Crippen LogP contribution in [-0.2, 0) is 0 Å². The number of likely N-dealkylation sites (N-methyl/N-ethyl adjacent to an activating group) is 2. The first-order valence-electron chi connectivity index (χ1n) is 9.71. The summed E-state index contributed by atoms with van der Waals surface area (Å²) in [4.78, 5) is 17.0. The number of nitrogens with zero attached hydrogens (tertiary/aromatic N) is 4. The molecule has 0 saturated carbocycles. The third-order valence-corrected chi connectivity index (χ3v) is 5.39. The van der Waals surface area contributed by atoms with Crippen molar-refractivity contribution in [3.63, 3.8) is 0 Å². The predicted molar refractivity (Wildman–Crippen MR) is 110 cm³/mol. The largest absolute Gasteiger partial charge is 0.492 e. The summed E-state index contributed by atoms with van der Waals surface area (Å²) in [6.07, 6.45) is 0. The fraction of sp³-hybridized carbons (Fsp3) is 0.364. The van der Waals surface area contributed by atoms with Gasteiger partial charge in [-0.25, -0.2) is 14.2 Å². The van der Waals surface area contributed by atoms with Gasteiger partial charge in [0.1, 0.15) is 11.6 Å². The van der Waals surface area contributed by atoms with E-state index in [0.717, 1.165) is 12.1 Å². The molecule has 0 radical (unpaired) electrons. The van der Waals surface area contributed by atoms with Crippen LogP contribution in [0.5, 0.6) is 5.75 Å². The van der Waals surface area contributed by atoms with E-state index in [1.807, 2.05) is 49.3 Å². The van der Waals surface area contributed by atoms with Crippen LogP contribution in [0.2, 0.25) is 0 Å². The molecule has 2 aromatic carbocycles. The van der Waals surface area contributed by atoms with E-state index in [2.05, 4.69) is 0 Å². The maximum atomic E-state index is 13.9. The van der Waals surface area contributed by atoms with Crippen molar-refractivity contribution >= 4 is 11.7 Å². The van der Waals surface area contributed by atoms with Gasteiger partial charge in [-0.15, -0.1) is 0 Å². The first-order valence-corrected chi connectivity index (χ1v) is 9.71. The zero-order valence-corrected chi connectivity index (χ0v) is 16.9. The van der Waals surface area contributed by atoms with Gasteiger partial charge in [0.15, 0.2) is 0 Å². The lowest BCUT2D eigenvalue weighted by Gasteiger charge is -2.31. The molecule has 0 aromatic heterocycles. The molecule has 7 heteroatoms. The number of amides is 2. The second-order valence-electron chi connectivity index (χ2n) is 7.75. The second kappa shape index (κ2) is 7.83. The molecule has 2 aliphatic rings. The van der Waals surface area contributed by atoms with Crippen LogP contribution in [0.15, 0.2) is 53.6 Å². The number of halogens is 1. The maximum Gasteiger partial charge on any atom is 0.340 e. The Morgan fingerprint density at radius 1 is 1.17 bits per heavy atom. The van der Waals surface area contributed by atoms with E-state index < -0.39 is 0 Å². The molecular weight excluding hydrogens is 371 g/mol. The molecule has 0 spiro atoms. The van der Waals surface area contributed by atoms with Gasteiger partial charge in [0.25, 0.3) is 0 Å². The lowest BCUT2D eigenvalue weighted by molar-refractivity contribution is 0.131. The van der Waals surface area contributed by atoms with Crippen molar-refractivity contribution in [1.82, 2.24) is 14.8 Å². The summed E-state index contributed by atoms with van der Waals surface area (Å²) in [5.74, 6) is 0.0983. The van der Waals surface area contributed by atoms with Gasteiger partial charge >= 0.3 is 6.03 Å². The van der Waals surface area contributed by atoms with Crippen LogP contribution < -0.4 is 4.74 Å². The zero-order chi connectivity index (χ0) is 20.5. The van der Waals surface area contributed by atoms with Crippen molar-refractivity contribution in [1.29, 1.82) is 0 Å². The van der Waals surface area contributed by atoms with E-state index in [1.165, 1.54) is 17.1 Å². The third kappa shape index (κ3) is 3.70. The van der Waals surface area contributed by atoms with Crippen molar-refractivity contribution < 1.29 is 13.9 Å². The van der Waals surface area contributed by atoms with Crippen molar-refractivity contribution in [2.24, 2.45) is 11.0 Å². The Hall–Kier alpha value is -2.93. The number of fused-ring (bicyclic) bond motifs is 3. The van der Waals surface area contributed by atoms with Crippen molar-refractivity contribution in [2.75, 3.05) is 40.8 Å². The molecule has 0 N–H and O–H groups in total. The summed E-state index contributed by atoms with van der Waals surface area (Å²) in [5.41, 5.74) is 2.30. The minimum absolute atomic E-state index is 0.155. The standard InChI is InChI=1S/C22H25FN4O2/c1-25(2)11-12-26(3)22(28)27-21(15-7-5-4-6-8-15)18-14-29-19-10-9-16(23)13-17(19)20(18)24-27/h4-10,13,18,21H,11-12,14H2,1-3H3/t18-,21-/m1/s1. The SMILES string of the molecule is CN(C)CCN(C)C(=O)N1N=C2c3cc(F)ccc3OC[C@H]2[C@H]1c1ccccc1. The summed E-state index contributed by atoms with van der Waals surface area (Å²) >= 11 is 0. The van der Waals surface area contributed by atoms with Gasteiger partial charge in [-0.05, 0) is 37.9 Å². The van der Waals surface area contributed by atoms with Gasteiger partial charge in [-0.2, -0.15) is 5.10 Å². The van der Waals surface area contributed by atoms with Gasteiger partial charge in [-0.1, -0.05) is 30.3 Å². The van der Waals surface area contributed by atoms with Crippen LogP contribution >= 0.6 is 0 Å². The Labute approximate surface area is 170 Å². The Kier molecular flexibility index (Phi) is 5.24. The van der Waals surface area contributed by atoms with E-state index >= 15 is 0 Å². The highest BCUT2D eigenvalue weighted by atomic mass is 19.1. The minimum atomic E-state index is -0.347. The molecule has 6 nitrogen and oxygen atoms in total. The molecule has 2 aromatic rings. The van der Waals surface area contributed by atoms with Crippen LogP contribution in [0.25, 0.3) is 0 Å². The quantitative estimate of drug-likeness (QED) is 0.797. The Bertz CT molecular complexity index is 932. The Morgan fingerprint density at radius 2 is 1.93 bits per heavy atom. The predicted octanol–water partition coefficient (Wildman–Crippen LogP) is 3.21. The first kappa shape index (κ1) is 19.4. The van der Waals surface area contributed by atoms with Crippen LogP contribution in [0.3, 0.4) is 0 Å². The highest BCUT2D eigenvalue weighted by Gasteiger charge is 2.45. The van der Waals surface area contributed by atoms with Crippen LogP contribution in [-0.4, -0.2) is 67.4 Å². The van der Waals surface area contributed by atoms with Crippen molar-refractivity contribution in [3.8, 4) is 5.75 Å². The van der Waals surface area contributed by atoms with E-state index in [9.17, 15) is 9.18 Å². The summed E-state index contributed by atoms with van der Waals surface area (Å²) in [7, 11) is 5.72. The number of hydrogen-bond acceptors (Lipinski definition) is 4. The number of ether oxygens (including phenoxy) is 1. The number of hydrazone groups is 1. The Morgan fingerprint density at radius 3 is 2.66 bits per heavy atom. The van der Waals surface area contributed by atoms with Gasteiger partial charge in [-0.3, -0.25) is 0 Å². The number of rotatable bonds is 4. The van der Waals surface area contributed by atoms with E-state index in [4.69, 9.17) is 9.84 Å². The average molecular weight is 396 g/mol. The van der Waals surface area contributed by atoms with Crippen LogP contribution in [0.1, 0.15) is 17.2 Å². The van der Waals surface area contributed by atoms with E-state index in [0.29, 0.717) is 30.2 Å². The Balaban J connectivity index is 1.72. The number of benzene rings is 2. The van der Waals surface area contributed by atoms with Gasteiger partial charge in [0.05, 0.1) is 24.3 Å². The third-order valence-electron chi connectivity index (χ3n) is 5.39. The molecule has 152 valence electrons. The molecule has 0 unspecified atom stereocenters. The molecular formula is C22H25FN4O2. The molecule has 2 aliphatic heterocycles. The monoisotopic (exact) mass is 396 g/mol. The summed E-state index contributed by atoms with van der Waals surface area (Å²) in [6.45, 7) is 1.73. The highest BCUT2D eigenvalue weighted by Crippen LogP contribution is 2.42. The molecule has 0 bridgehead atoms. The molecule has 29 heavy (non-hydrogen) atoms. The average Bonchev–Trinajstić information content (AvgIpc) is 3.12. The highest BCUT2D eigenvalue weighted by molar-refractivity contribution is 6.07. The number of hydrogen-bond donors (Lipinski definition) is 0. The lowest BCUT2D eigenvalue weighted by atomic mass is 9.86. The van der Waals surface area contributed by atoms with Crippen molar-refractivity contribution in [3.05, 3.63) is 65.5 Å². The summed E-state index contributed by atoms with van der Waals surface area (Å²) in [6, 6.07) is 13.8. The number of carbonyl (C=O) groups is 1. The smallest absolute Gasteiger partial charge is 0.340 e. The summed E-state index contributed by atoms with van der Waals surface area (Å²) < 4.78 is 19.8. The molecule has 2 heterocycles. The summed E-state index contributed by atoms with van der Waals surface area (Å²) in [5, 5.41) is 6.23. The molecule has 0 fully saturated rings. The fourth-order valence-corrected chi connectivity index (χ4v) is 3.81. The van der Waals surface area contributed by atoms with E-state index in [1.54, 1.807) is 18.0 Å². The second-order valence-corrected chi connectivity index (χ2v) is 7.75. The molecule has 4 rings (SSSR count). The number of carbonyl (C=O) groups excluding carboxylic acids is 1. The fourth-order valence-electron chi connectivity index (χ4n) is 3.81. The first-order chi connectivity index (χ1) is 14.0. The van der Waals surface area contributed by atoms with Gasteiger partial charge < -0.3 is 14.5 Å². The molecule has 0 saturated heterocycles. The van der Waals surface area contributed by atoms with Crippen molar-refractivity contribution in [2.45, 2.75) is 6.04 Å². The van der Waals surface area contributed by atoms with Gasteiger partial charge in [0.2, 0.25) is 0 Å². The van der Waals surface area contributed by atoms with Crippen LogP contribution in [0, 0.1) is 11.7 Å². The normalized spacial score (nSPS) is 20.0. The lowest BCUT2D eigenvalue weighted by Crippen LogP contribution is -2.43. The topological polar surface area (TPSA) is 48.4 Å².